The van der Waals surface area contributed by atoms with Gasteiger partial charge in [0.25, 0.3) is 0 Å². The zero-order valence-electron chi connectivity index (χ0n) is 18.1. The van der Waals surface area contributed by atoms with E-state index in [4.69, 9.17) is 15.3 Å². The summed E-state index contributed by atoms with van der Waals surface area (Å²) in [4.78, 5) is 16.2. The number of hydrogen-bond acceptors (Lipinski definition) is 5. The molecule has 1 fully saturated rings. The predicted molar refractivity (Wildman–Crippen MR) is 117 cm³/mol. The lowest BCUT2D eigenvalue weighted by Gasteiger charge is -2.27. The number of hydrogen-bond donors (Lipinski definition) is 0. The second-order valence-corrected chi connectivity index (χ2v) is 8.09. The van der Waals surface area contributed by atoms with Gasteiger partial charge in [-0.2, -0.15) is 10.5 Å². The number of carbonyl (C=O) groups is 1. The maximum atomic E-state index is 12.1. The van der Waals surface area contributed by atoms with Crippen LogP contribution >= 0.6 is 0 Å². The first-order valence-corrected chi connectivity index (χ1v) is 10.1. The number of carbonyl (C=O) groups excluding carboxylic acids is 1. The number of ether oxygens (including phenoxy) is 1. The van der Waals surface area contributed by atoms with E-state index in [2.05, 4.69) is 11.0 Å². The molecular weight excluding hydrogens is 395 g/mol. The van der Waals surface area contributed by atoms with E-state index in [-0.39, 0.29) is 11.9 Å². The van der Waals surface area contributed by atoms with E-state index in [0.29, 0.717) is 24.2 Å². The Labute approximate surface area is 183 Å². The SMILES string of the molecule is CC(C)(C)OC(=O)N1CCCN(c2ccc(C#N)cc2)CC1.N#Cc1ccc(F)cc1. The fraction of sp³-hybridized carbons (Fsp3) is 0.375. The second-order valence-electron chi connectivity index (χ2n) is 8.09. The quantitative estimate of drug-likeness (QED) is 0.665. The second kappa shape index (κ2) is 11.0. The van der Waals surface area contributed by atoms with Crippen molar-refractivity contribution < 1.29 is 13.9 Å². The van der Waals surface area contributed by atoms with Gasteiger partial charge in [0.15, 0.2) is 0 Å². The lowest BCUT2D eigenvalue weighted by atomic mass is 10.2. The van der Waals surface area contributed by atoms with Crippen molar-refractivity contribution in [3.8, 4) is 12.1 Å². The number of halogens is 1. The Morgan fingerprint density at radius 3 is 1.97 bits per heavy atom. The minimum atomic E-state index is -0.462. The molecule has 1 aliphatic heterocycles. The number of benzene rings is 2. The van der Waals surface area contributed by atoms with E-state index in [0.717, 1.165) is 25.2 Å². The van der Waals surface area contributed by atoms with Crippen molar-refractivity contribution in [2.75, 3.05) is 31.1 Å². The van der Waals surface area contributed by atoms with Crippen molar-refractivity contribution in [1.29, 1.82) is 10.5 Å². The number of amides is 1. The molecule has 0 unspecified atom stereocenters. The van der Waals surface area contributed by atoms with Gasteiger partial charge in [0, 0.05) is 31.9 Å². The van der Waals surface area contributed by atoms with Crippen molar-refractivity contribution in [3.05, 3.63) is 65.5 Å². The molecule has 0 saturated carbocycles. The molecule has 3 rings (SSSR count). The highest BCUT2D eigenvalue weighted by molar-refractivity contribution is 5.68. The summed E-state index contributed by atoms with van der Waals surface area (Å²) in [5.74, 6) is -0.311. The van der Waals surface area contributed by atoms with E-state index in [9.17, 15) is 9.18 Å². The van der Waals surface area contributed by atoms with Gasteiger partial charge in [-0.1, -0.05) is 0 Å². The molecule has 1 heterocycles. The van der Waals surface area contributed by atoms with Crippen molar-refractivity contribution >= 4 is 11.8 Å². The van der Waals surface area contributed by atoms with E-state index in [1.807, 2.05) is 51.1 Å². The zero-order chi connectivity index (χ0) is 22.9. The molecule has 2 aromatic carbocycles. The molecule has 7 heteroatoms. The highest BCUT2D eigenvalue weighted by Crippen LogP contribution is 2.18. The fourth-order valence-electron chi connectivity index (χ4n) is 2.96. The summed E-state index contributed by atoms with van der Waals surface area (Å²) in [5, 5.41) is 17.1. The standard InChI is InChI=1S/C17H23N3O2.C7H4FN/c1-17(2,3)22-16(21)20-10-4-9-19(11-12-20)15-7-5-14(13-18)6-8-15;8-7-3-1-6(5-9)2-4-7/h5-8H,4,9-12H2,1-3H3;1-4H. The Morgan fingerprint density at radius 2 is 1.45 bits per heavy atom. The van der Waals surface area contributed by atoms with Gasteiger partial charge in [-0.05, 0) is 75.7 Å². The zero-order valence-corrected chi connectivity index (χ0v) is 18.1. The number of nitrogens with zero attached hydrogens (tertiary/aromatic N) is 4. The maximum absolute atomic E-state index is 12.1. The van der Waals surface area contributed by atoms with E-state index >= 15 is 0 Å². The summed E-state index contributed by atoms with van der Waals surface area (Å²) in [6, 6.07) is 17.0. The molecule has 0 N–H and O–H groups in total. The van der Waals surface area contributed by atoms with Gasteiger partial charge in [-0.15, -0.1) is 0 Å². The maximum Gasteiger partial charge on any atom is 0.410 e. The van der Waals surface area contributed by atoms with Crippen molar-refractivity contribution in [2.45, 2.75) is 32.8 Å². The molecule has 0 atom stereocenters. The average Bonchev–Trinajstić information content (AvgIpc) is 3.00. The summed E-state index contributed by atoms with van der Waals surface area (Å²) >= 11 is 0. The van der Waals surface area contributed by atoms with Gasteiger partial charge in [0.05, 0.1) is 23.3 Å². The van der Waals surface area contributed by atoms with E-state index in [1.165, 1.54) is 24.3 Å². The molecule has 2 aromatic rings. The molecule has 0 aliphatic carbocycles. The Bertz CT molecular complexity index is 938. The predicted octanol–water partition coefficient (Wildman–Crippen LogP) is 4.70. The summed E-state index contributed by atoms with van der Waals surface area (Å²) in [7, 11) is 0. The number of rotatable bonds is 1. The van der Waals surface area contributed by atoms with Gasteiger partial charge < -0.3 is 14.5 Å². The van der Waals surface area contributed by atoms with Crippen LogP contribution in [0, 0.1) is 28.5 Å². The Morgan fingerprint density at radius 1 is 0.903 bits per heavy atom. The highest BCUT2D eigenvalue weighted by Gasteiger charge is 2.24. The molecule has 0 spiro atoms. The van der Waals surface area contributed by atoms with Crippen LogP contribution in [0.3, 0.4) is 0 Å². The molecule has 162 valence electrons. The molecule has 1 saturated heterocycles. The average molecular weight is 423 g/mol. The fourth-order valence-corrected chi connectivity index (χ4v) is 2.96. The molecule has 6 nitrogen and oxygen atoms in total. The third kappa shape index (κ3) is 7.98. The van der Waals surface area contributed by atoms with E-state index in [1.54, 1.807) is 4.90 Å². The van der Waals surface area contributed by atoms with Crippen LogP contribution in [0.15, 0.2) is 48.5 Å². The first-order valence-electron chi connectivity index (χ1n) is 10.1. The van der Waals surface area contributed by atoms with Crippen LogP contribution < -0.4 is 4.90 Å². The molecule has 0 radical (unpaired) electrons. The molecular formula is C24H27FN4O2. The Hall–Kier alpha value is -3.58. The van der Waals surface area contributed by atoms with Crippen molar-refractivity contribution in [2.24, 2.45) is 0 Å². The summed E-state index contributed by atoms with van der Waals surface area (Å²) in [6.07, 6.45) is 0.661. The summed E-state index contributed by atoms with van der Waals surface area (Å²) in [6.45, 7) is 8.66. The first-order chi connectivity index (χ1) is 14.7. The third-order valence-electron chi connectivity index (χ3n) is 4.48. The summed E-state index contributed by atoms with van der Waals surface area (Å²) < 4.78 is 17.5. The van der Waals surface area contributed by atoms with Crippen LogP contribution in [-0.4, -0.2) is 42.8 Å². The lowest BCUT2D eigenvalue weighted by Crippen LogP contribution is -2.39. The van der Waals surface area contributed by atoms with Crippen LogP contribution in [-0.2, 0) is 4.74 Å². The largest absolute Gasteiger partial charge is 0.444 e. The van der Waals surface area contributed by atoms with Gasteiger partial charge in [-0.3, -0.25) is 0 Å². The van der Waals surface area contributed by atoms with Crippen LogP contribution in [0.5, 0.6) is 0 Å². The first kappa shape index (κ1) is 23.7. The van der Waals surface area contributed by atoms with Crippen molar-refractivity contribution in [3.63, 3.8) is 0 Å². The lowest BCUT2D eigenvalue weighted by molar-refractivity contribution is 0.0263. The third-order valence-corrected chi connectivity index (χ3v) is 4.48. The normalized spacial score (nSPS) is 13.7. The molecule has 1 aliphatic rings. The molecule has 0 bridgehead atoms. The van der Waals surface area contributed by atoms with Gasteiger partial charge in [0.2, 0.25) is 0 Å². The number of anilines is 1. The van der Waals surface area contributed by atoms with Crippen LogP contribution in [0.25, 0.3) is 0 Å². The van der Waals surface area contributed by atoms with Gasteiger partial charge >= 0.3 is 6.09 Å². The smallest absolute Gasteiger partial charge is 0.410 e. The Balaban J connectivity index is 0.000000316. The number of nitriles is 2. The monoisotopic (exact) mass is 422 g/mol. The van der Waals surface area contributed by atoms with Crippen molar-refractivity contribution in [1.82, 2.24) is 4.90 Å². The van der Waals surface area contributed by atoms with Gasteiger partial charge in [0.1, 0.15) is 11.4 Å². The minimum absolute atomic E-state index is 0.242. The Kier molecular flexibility index (Phi) is 8.40. The minimum Gasteiger partial charge on any atom is -0.444 e. The molecule has 31 heavy (non-hydrogen) atoms. The topological polar surface area (TPSA) is 80.4 Å². The van der Waals surface area contributed by atoms with Crippen LogP contribution in [0.1, 0.15) is 38.3 Å². The molecule has 0 aromatic heterocycles. The summed E-state index contributed by atoms with van der Waals surface area (Å²) in [5.41, 5.74) is 1.77. The van der Waals surface area contributed by atoms with Gasteiger partial charge in [-0.25, -0.2) is 9.18 Å². The van der Waals surface area contributed by atoms with Crippen LogP contribution in [0.2, 0.25) is 0 Å². The molecule has 1 amide bonds. The van der Waals surface area contributed by atoms with E-state index < -0.39 is 5.60 Å². The van der Waals surface area contributed by atoms with Crippen LogP contribution in [0.4, 0.5) is 14.9 Å². The highest BCUT2D eigenvalue weighted by atomic mass is 19.1.